The van der Waals surface area contributed by atoms with Gasteiger partial charge in [-0.15, -0.1) is 0 Å². The number of hydrogen-bond donors (Lipinski definition) is 3. The molecule has 2 unspecified atom stereocenters. The van der Waals surface area contributed by atoms with E-state index in [0.717, 1.165) is 19.3 Å². The van der Waals surface area contributed by atoms with Gasteiger partial charge in [0.15, 0.2) is 0 Å². The summed E-state index contributed by atoms with van der Waals surface area (Å²) in [4.78, 5) is 0. The van der Waals surface area contributed by atoms with E-state index in [9.17, 15) is 10.2 Å². The maximum absolute atomic E-state index is 10.0. The van der Waals surface area contributed by atoms with E-state index >= 15 is 0 Å². The predicted molar refractivity (Wildman–Crippen MR) is 128 cm³/mol. The second kappa shape index (κ2) is 23.9. The molecule has 174 valence electrons. The minimum Gasteiger partial charge on any atom is -0.392 e. The first-order chi connectivity index (χ1) is 14.2. The maximum Gasteiger partial charge on any atom is 0.108 e. The van der Waals surface area contributed by atoms with Crippen molar-refractivity contribution in [3.05, 3.63) is 12.2 Å². The van der Waals surface area contributed by atoms with E-state index in [1.165, 1.54) is 96.3 Å². The standard InChI is InChI=1S/C26H53NO2/c1-3-5-7-9-11-13-14-15-17-19-21-23-26(29)27-24-25(28)22-20-18-16-12-10-8-6-4-2/h19,21,25-29H,3-18,20,22-24H2,1-2H3. The van der Waals surface area contributed by atoms with Gasteiger partial charge in [-0.05, 0) is 19.3 Å². The Morgan fingerprint density at radius 1 is 0.621 bits per heavy atom. The normalized spacial score (nSPS) is 13.9. The van der Waals surface area contributed by atoms with Crippen LogP contribution in [0.4, 0.5) is 0 Å². The molecule has 0 heterocycles. The molecule has 0 spiro atoms. The van der Waals surface area contributed by atoms with E-state index in [4.69, 9.17) is 0 Å². The van der Waals surface area contributed by atoms with Gasteiger partial charge in [-0.2, -0.15) is 0 Å². The summed E-state index contributed by atoms with van der Waals surface area (Å²) in [5, 5.41) is 23.1. The van der Waals surface area contributed by atoms with Crippen LogP contribution in [0.5, 0.6) is 0 Å². The fraction of sp³-hybridized carbons (Fsp3) is 0.923. The van der Waals surface area contributed by atoms with Crippen molar-refractivity contribution in [2.45, 2.75) is 148 Å². The first-order valence-electron chi connectivity index (χ1n) is 12.9. The lowest BCUT2D eigenvalue weighted by Crippen LogP contribution is -2.35. The molecule has 0 aliphatic rings. The summed E-state index contributed by atoms with van der Waals surface area (Å²) < 4.78 is 0. The van der Waals surface area contributed by atoms with Crippen LogP contribution in [0.15, 0.2) is 12.2 Å². The number of aliphatic hydroxyl groups excluding tert-OH is 2. The summed E-state index contributed by atoms with van der Waals surface area (Å²) in [6.45, 7) is 5.00. The van der Waals surface area contributed by atoms with Crippen LogP contribution >= 0.6 is 0 Å². The number of rotatable bonds is 23. The minimum absolute atomic E-state index is 0.342. The van der Waals surface area contributed by atoms with Crippen molar-refractivity contribution in [1.29, 1.82) is 0 Å². The lowest BCUT2D eigenvalue weighted by Gasteiger charge is -2.15. The Morgan fingerprint density at radius 2 is 1.10 bits per heavy atom. The van der Waals surface area contributed by atoms with Crippen molar-refractivity contribution in [3.8, 4) is 0 Å². The second-order valence-corrected chi connectivity index (χ2v) is 8.81. The summed E-state index contributed by atoms with van der Waals surface area (Å²) in [7, 11) is 0. The highest BCUT2D eigenvalue weighted by Gasteiger charge is 2.07. The van der Waals surface area contributed by atoms with Gasteiger partial charge >= 0.3 is 0 Å². The number of unbranched alkanes of at least 4 members (excludes halogenated alkanes) is 15. The molecule has 0 aliphatic heterocycles. The van der Waals surface area contributed by atoms with Crippen molar-refractivity contribution < 1.29 is 10.2 Å². The first-order valence-corrected chi connectivity index (χ1v) is 12.9. The molecule has 0 fully saturated rings. The number of aliphatic hydroxyl groups is 2. The Labute approximate surface area is 182 Å². The fourth-order valence-electron chi connectivity index (χ4n) is 3.71. The van der Waals surface area contributed by atoms with Gasteiger partial charge in [0.1, 0.15) is 6.23 Å². The molecular formula is C26H53NO2. The fourth-order valence-corrected chi connectivity index (χ4v) is 3.71. The lowest BCUT2D eigenvalue weighted by atomic mass is 10.1. The van der Waals surface area contributed by atoms with E-state index in [-0.39, 0.29) is 6.10 Å². The minimum atomic E-state index is -0.543. The molecule has 29 heavy (non-hydrogen) atoms. The summed E-state index contributed by atoms with van der Waals surface area (Å²) in [5.41, 5.74) is 0. The van der Waals surface area contributed by atoms with Crippen molar-refractivity contribution in [2.24, 2.45) is 0 Å². The quantitative estimate of drug-likeness (QED) is 0.0941. The molecule has 0 rings (SSSR count). The van der Waals surface area contributed by atoms with Crippen LogP contribution < -0.4 is 5.32 Å². The molecule has 0 saturated carbocycles. The van der Waals surface area contributed by atoms with Crippen LogP contribution in [0.3, 0.4) is 0 Å². The molecule has 0 aromatic heterocycles. The van der Waals surface area contributed by atoms with Crippen molar-refractivity contribution >= 4 is 0 Å². The number of allylic oxidation sites excluding steroid dienone is 1. The molecule has 2 atom stereocenters. The van der Waals surface area contributed by atoms with E-state index in [0.29, 0.717) is 13.0 Å². The maximum atomic E-state index is 10.0. The molecule has 0 aromatic carbocycles. The zero-order valence-corrected chi connectivity index (χ0v) is 19.8. The van der Waals surface area contributed by atoms with Gasteiger partial charge in [-0.25, -0.2) is 0 Å². The average molecular weight is 412 g/mol. The van der Waals surface area contributed by atoms with Crippen LogP contribution in [0, 0.1) is 0 Å². The second-order valence-electron chi connectivity index (χ2n) is 8.81. The number of nitrogens with one attached hydrogen (secondary N) is 1. The molecular weight excluding hydrogens is 358 g/mol. The van der Waals surface area contributed by atoms with Crippen LogP contribution in [-0.4, -0.2) is 29.1 Å². The molecule has 0 aliphatic carbocycles. The third-order valence-electron chi connectivity index (χ3n) is 5.73. The Kier molecular flexibility index (Phi) is 23.6. The summed E-state index contributed by atoms with van der Waals surface area (Å²) >= 11 is 0. The highest BCUT2D eigenvalue weighted by Crippen LogP contribution is 2.11. The molecule has 3 N–H and O–H groups in total. The summed E-state index contributed by atoms with van der Waals surface area (Å²) in [5.74, 6) is 0. The zero-order valence-electron chi connectivity index (χ0n) is 19.8. The van der Waals surface area contributed by atoms with Crippen molar-refractivity contribution in [3.63, 3.8) is 0 Å². The SMILES string of the molecule is CCCCCCCCCCC=CCC(O)NCC(O)CCCCCCCCCC. The third-order valence-corrected chi connectivity index (χ3v) is 5.73. The van der Waals surface area contributed by atoms with Crippen LogP contribution in [-0.2, 0) is 0 Å². The Hall–Kier alpha value is -0.380. The van der Waals surface area contributed by atoms with Crippen LogP contribution in [0.1, 0.15) is 136 Å². The van der Waals surface area contributed by atoms with Gasteiger partial charge in [0.2, 0.25) is 0 Å². The van der Waals surface area contributed by atoms with Gasteiger partial charge in [0, 0.05) is 13.0 Å². The highest BCUT2D eigenvalue weighted by molar-refractivity contribution is 4.83. The van der Waals surface area contributed by atoms with Gasteiger partial charge in [0.25, 0.3) is 0 Å². The smallest absolute Gasteiger partial charge is 0.108 e. The van der Waals surface area contributed by atoms with Crippen LogP contribution in [0.2, 0.25) is 0 Å². The topological polar surface area (TPSA) is 52.5 Å². The van der Waals surface area contributed by atoms with E-state index in [2.05, 4.69) is 31.3 Å². The lowest BCUT2D eigenvalue weighted by molar-refractivity contribution is 0.0987. The van der Waals surface area contributed by atoms with Gasteiger partial charge in [-0.3, -0.25) is 5.32 Å². The largest absolute Gasteiger partial charge is 0.392 e. The molecule has 0 saturated heterocycles. The molecule has 3 heteroatoms. The number of hydrogen-bond acceptors (Lipinski definition) is 3. The molecule has 0 aromatic rings. The van der Waals surface area contributed by atoms with Gasteiger partial charge in [-0.1, -0.05) is 122 Å². The van der Waals surface area contributed by atoms with Gasteiger partial charge in [0.05, 0.1) is 6.10 Å². The molecule has 3 nitrogen and oxygen atoms in total. The zero-order chi connectivity index (χ0) is 21.4. The van der Waals surface area contributed by atoms with Crippen molar-refractivity contribution in [1.82, 2.24) is 5.32 Å². The van der Waals surface area contributed by atoms with E-state index in [1.54, 1.807) is 0 Å². The Morgan fingerprint density at radius 3 is 1.66 bits per heavy atom. The van der Waals surface area contributed by atoms with E-state index < -0.39 is 6.23 Å². The molecule has 0 radical (unpaired) electrons. The van der Waals surface area contributed by atoms with Crippen molar-refractivity contribution in [2.75, 3.05) is 6.54 Å². The third kappa shape index (κ3) is 23.8. The van der Waals surface area contributed by atoms with E-state index in [1.807, 2.05) is 0 Å². The predicted octanol–water partition coefficient (Wildman–Crippen LogP) is 7.26. The monoisotopic (exact) mass is 411 g/mol. The van der Waals surface area contributed by atoms with Gasteiger partial charge < -0.3 is 10.2 Å². The van der Waals surface area contributed by atoms with Crippen LogP contribution in [0.25, 0.3) is 0 Å². The Balaban J connectivity index is 3.38. The summed E-state index contributed by atoms with van der Waals surface area (Å²) in [6.07, 6.45) is 27.1. The average Bonchev–Trinajstić information content (AvgIpc) is 2.72. The molecule has 0 bridgehead atoms. The Bertz CT molecular complexity index is 333. The molecule has 0 amide bonds. The summed E-state index contributed by atoms with van der Waals surface area (Å²) in [6, 6.07) is 0. The first kappa shape index (κ1) is 28.6. The highest BCUT2D eigenvalue weighted by atomic mass is 16.3.